The van der Waals surface area contributed by atoms with Gasteiger partial charge in [0, 0.05) is 16.8 Å². The Labute approximate surface area is 125 Å². The largest absolute Gasteiger partial charge is 0.514 e. The van der Waals surface area contributed by atoms with E-state index in [9.17, 15) is 0 Å². The number of rotatable bonds is 2. The van der Waals surface area contributed by atoms with Crippen LogP contribution >= 0.6 is 11.6 Å². The van der Waals surface area contributed by atoms with Crippen LogP contribution in [0.2, 0.25) is 5.02 Å². The van der Waals surface area contributed by atoms with Crippen LogP contribution in [0.15, 0.2) is 12.3 Å². The van der Waals surface area contributed by atoms with Crippen LogP contribution in [0.5, 0.6) is 0 Å². The Morgan fingerprint density at radius 1 is 1.30 bits per heavy atom. The van der Waals surface area contributed by atoms with E-state index < -0.39 is 18.3 Å². The van der Waals surface area contributed by atoms with Crippen molar-refractivity contribution in [1.82, 2.24) is 4.98 Å². The van der Waals surface area contributed by atoms with Gasteiger partial charge in [0.1, 0.15) is 0 Å². The fourth-order valence-corrected chi connectivity index (χ4v) is 2.42. The number of nitrogens with zero attached hydrogens (tertiary/aromatic N) is 2. The first-order chi connectivity index (χ1) is 9.19. The molecule has 0 aromatic carbocycles. The maximum Gasteiger partial charge on any atom is 0.514 e. The van der Waals surface area contributed by atoms with E-state index in [1.165, 1.54) is 0 Å². The summed E-state index contributed by atoms with van der Waals surface area (Å²) in [6.45, 7) is 9.70. The van der Waals surface area contributed by atoms with Crippen LogP contribution in [0.4, 0.5) is 0 Å². The van der Waals surface area contributed by atoms with Gasteiger partial charge in [-0.15, -0.1) is 0 Å². The summed E-state index contributed by atoms with van der Waals surface area (Å²) >= 11 is 6.22. The zero-order chi connectivity index (χ0) is 15.1. The first-order valence-corrected chi connectivity index (χ1v) is 6.97. The van der Waals surface area contributed by atoms with Gasteiger partial charge in [-0.2, -0.15) is 5.26 Å². The molecule has 0 bridgehead atoms. The molecule has 1 fully saturated rings. The molecule has 0 amide bonds. The Kier molecular flexibility index (Phi) is 3.85. The number of halogens is 1. The Balaban J connectivity index is 2.46. The second kappa shape index (κ2) is 5.03. The number of aromatic nitrogens is 1. The van der Waals surface area contributed by atoms with Crippen molar-refractivity contribution in [3.05, 3.63) is 22.8 Å². The van der Waals surface area contributed by atoms with E-state index in [0.29, 0.717) is 16.2 Å². The molecular weight excluding hydrogens is 274 g/mol. The van der Waals surface area contributed by atoms with E-state index in [1.807, 2.05) is 27.7 Å². The molecule has 0 saturated carbocycles. The molecule has 0 N–H and O–H groups in total. The Morgan fingerprint density at radius 3 is 2.35 bits per heavy atom. The van der Waals surface area contributed by atoms with E-state index in [0.717, 1.165) is 0 Å². The van der Waals surface area contributed by atoms with E-state index in [2.05, 4.69) is 11.1 Å². The standard InChI is InChI=1S/C14H18BClN2O2/c1-9(8-17)11-10(16)6-7-18-12(11)15-19-13(2,3)14(4,5)20-15/h6-7,9H,1-5H3. The van der Waals surface area contributed by atoms with Crippen LogP contribution in [-0.4, -0.2) is 23.3 Å². The fourth-order valence-electron chi connectivity index (χ4n) is 2.10. The van der Waals surface area contributed by atoms with Gasteiger partial charge in [0.15, 0.2) is 0 Å². The van der Waals surface area contributed by atoms with Gasteiger partial charge >= 0.3 is 7.12 Å². The van der Waals surface area contributed by atoms with Crippen LogP contribution in [0.1, 0.15) is 46.1 Å². The van der Waals surface area contributed by atoms with Crippen molar-refractivity contribution in [2.75, 3.05) is 0 Å². The lowest BCUT2D eigenvalue weighted by atomic mass is 9.78. The van der Waals surface area contributed by atoms with Crippen LogP contribution < -0.4 is 5.59 Å². The monoisotopic (exact) mass is 292 g/mol. The Bertz CT molecular complexity index is 553. The third kappa shape index (κ3) is 2.44. The maximum atomic E-state index is 9.17. The highest BCUT2D eigenvalue weighted by atomic mass is 35.5. The van der Waals surface area contributed by atoms with Crippen molar-refractivity contribution < 1.29 is 9.31 Å². The second-order valence-corrected chi connectivity index (χ2v) is 6.44. The molecule has 6 heteroatoms. The lowest BCUT2D eigenvalue weighted by molar-refractivity contribution is 0.00578. The molecule has 20 heavy (non-hydrogen) atoms. The quantitative estimate of drug-likeness (QED) is 0.786. The van der Waals surface area contributed by atoms with Gasteiger partial charge in [-0.1, -0.05) is 11.6 Å². The van der Waals surface area contributed by atoms with Crippen molar-refractivity contribution in [3.8, 4) is 6.07 Å². The molecular formula is C14H18BClN2O2. The smallest absolute Gasteiger partial charge is 0.398 e. The first kappa shape index (κ1) is 15.3. The summed E-state index contributed by atoms with van der Waals surface area (Å²) < 4.78 is 12.0. The van der Waals surface area contributed by atoms with Gasteiger partial charge in [-0.05, 0) is 40.7 Å². The predicted molar refractivity (Wildman–Crippen MR) is 79.0 cm³/mol. The van der Waals surface area contributed by atoms with Gasteiger partial charge in [-0.25, -0.2) is 0 Å². The summed E-state index contributed by atoms with van der Waals surface area (Å²) in [5, 5.41) is 9.68. The third-order valence-corrected chi connectivity index (χ3v) is 4.40. The SMILES string of the molecule is CC(C#N)c1c(Cl)ccnc1B1OC(C)(C)C(C)(C)O1. The van der Waals surface area contributed by atoms with Gasteiger partial charge in [0.2, 0.25) is 0 Å². The van der Waals surface area contributed by atoms with Gasteiger partial charge in [0.05, 0.1) is 28.8 Å². The molecule has 4 nitrogen and oxygen atoms in total. The molecule has 1 aliphatic rings. The topological polar surface area (TPSA) is 55.1 Å². The van der Waals surface area contributed by atoms with Crippen LogP contribution in [0.3, 0.4) is 0 Å². The lowest BCUT2D eigenvalue weighted by Crippen LogP contribution is -2.41. The minimum absolute atomic E-state index is 0.370. The summed E-state index contributed by atoms with van der Waals surface area (Å²) in [5.41, 5.74) is 0.365. The summed E-state index contributed by atoms with van der Waals surface area (Å²) in [6.07, 6.45) is 1.61. The molecule has 1 atom stereocenters. The predicted octanol–water partition coefficient (Wildman–Crippen LogP) is 2.66. The lowest BCUT2D eigenvalue weighted by Gasteiger charge is -2.32. The minimum Gasteiger partial charge on any atom is -0.398 e. The van der Waals surface area contributed by atoms with Crippen molar-refractivity contribution in [1.29, 1.82) is 5.26 Å². The molecule has 0 aliphatic carbocycles. The maximum absolute atomic E-state index is 9.17. The Hall–Kier alpha value is -1.09. The summed E-state index contributed by atoms with van der Waals surface area (Å²) in [7, 11) is -0.607. The molecule has 0 spiro atoms. The zero-order valence-electron chi connectivity index (χ0n) is 12.4. The molecule has 1 unspecified atom stereocenters. The number of hydrogen-bond acceptors (Lipinski definition) is 4. The summed E-state index contributed by atoms with van der Waals surface area (Å²) in [4.78, 5) is 4.34. The van der Waals surface area contributed by atoms with Gasteiger partial charge in [0.25, 0.3) is 0 Å². The third-order valence-electron chi connectivity index (χ3n) is 4.07. The average Bonchev–Trinajstić information content (AvgIpc) is 2.57. The highest BCUT2D eigenvalue weighted by Gasteiger charge is 2.53. The molecule has 1 saturated heterocycles. The molecule has 1 aromatic heterocycles. The highest BCUT2D eigenvalue weighted by molar-refractivity contribution is 6.62. The zero-order valence-corrected chi connectivity index (χ0v) is 13.2. The summed E-state index contributed by atoms with van der Waals surface area (Å²) in [5.74, 6) is -0.370. The van der Waals surface area contributed by atoms with Crippen molar-refractivity contribution in [2.45, 2.75) is 51.7 Å². The number of nitriles is 1. The van der Waals surface area contributed by atoms with Gasteiger partial charge in [-0.3, -0.25) is 4.98 Å². The second-order valence-electron chi connectivity index (χ2n) is 6.03. The fraction of sp³-hybridized carbons (Fsp3) is 0.571. The molecule has 2 heterocycles. The van der Waals surface area contributed by atoms with Gasteiger partial charge < -0.3 is 9.31 Å². The normalized spacial score (nSPS) is 21.6. The minimum atomic E-state index is -0.607. The van der Waals surface area contributed by atoms with Crippen molar-refractivity contribution in [2.24, 2.45) is 0 Å². The van der Waals surface area contributed by atoms with E-state index in [-0.39, 0.29) is 5.92 Å². The van der Waals surface area contributed by atoms with Crippen LogP contribution in [0.25, 0.3) is 0 Å². The molecule has 1 aliphatic heterocycles. The van der Waals surface area contributed by atoms with E-state index in [1.54, 1.807) is 19.2 Å². The highest BCUT2D eigenvalue weighted by Crippen LogP contribution is 2.37. The number of hydrogen-bond donors (Lipinski definition) is 0. The van der Waals surface area contributed by atoms with E-state index in [4.69, 9.17) is 26.2 Å². The number of pyridine rings is 1. The molecule has 2 rings (SSSR count). The van der Waals surface area contributed by atoms with Crippen LogP contribution in [-0.2, 0) is 9.31 Å². The summed E-state index contributed by atoms with van der Waals surface area (Å²) in [6, 6.07) is 3.87. The molecule has 0 radical (unpaired) electrons. The Morgan fingerprint density at radius 2 is 1.85 bits per heavy atom. The molecule has 1 aromatic rings. The van der Waals surface area contributed by atoms with Crippen molar-refractivity contribution >= 4 is 24.3 Å². The van der Waals surface area contributed by atoms with Crippen molar-refractivity contribution in [3.63, 3.8) is 0 Å². The molecule has 106 valence electrons. The first-order valence-electron chi connectivity index (χ1n) is 6.59. The van der Waals surface area contributed by atoms with Crippen LogP contribution in [0, 0.1) is 11.3 Å². The van der Waals surface area contributed by atoms with E-state index >= 15 is 0 Å². The average molecular weight is 293 g/mol.